The van der Waals surface area contributed by atoms with Gasteiger partial charge in [-0.3, -0.25) is 4.79 Å². The summed E-state index contributed by atoms with van der Waals surface area (Å²) in [5.74, 6) is -0.283. The van der Waals surface area contributed by atoms with Gasteiger partial charge in [-0.05, 0) is 40.9 Å². The number of nitrogens with one attached hydrogen (secondary N) is 2. The van der Waals surface area contributed by atoms with Crippen molar-refractivity contribution in [1.82, 2.24) is 14.5 Å². The number of benzene rings is 1. The highest BCUT2D eigenvalue weighted by Crippen LogP contribution is 2.21. The first kappa shape index (κ1) is 13.0. The van der Waals surface area contributed by atoms with Crippen LogP contribution in [-0.4, -0.2) is 14.5 Å². The molecule has 0 aliphatic carbocycles. The molecule has 0 amide bonds. The second-order valence-corrected chi connectivity index (χ2v) is 6.36. The first-order chi connectivity index (χ1) is 9.04. The molecule has 2 aromatic heterocycles. The summed E-state index contributed by atoms with van der Waals surface area (Å²) in [4.78, 5) is 16.8. The Labute approximate surface area is 129 Å². The smallest absolute Gasteiger partial charge is 0.304 e. The Morgan fingerprint density at radius 2 is 2.21 bits per heavy atom. The maximum Gasteiger partial charge on any atom is 0.304 e. The molecule has 0 saturated heterocycles. The van der Waals surface area contributed by atoms with Gasteiger partial charge in [0.05, 0.1) is 21.1 Å². The molecular formula is C11H7FIN3OS2. The fourth-order valence-electron chi connectivity index (χ4n) is 1.87. The van der Waals surface area contributed by atoms with Gasteiger partial charge >= 0.3 is 4.87 Å². The lowest BCUT2D eigenvalue weighted by atomic mass is 10.3. The second kappa shape index (κ2) is 4.84. The highest BCUT2D eigenvalue weighted by Gasteiger charge is 2.10. The zero-order valence-electron chi connectivity index (χ0n) is 9.37. The predicted molar refractivity (Wildman–Crippen MR) is 83.8 cm³/mol. The van der Waals surface area contributed by atoms with Gasteiger partial charge in [0.2, 0.25) is 0 Å². The molecule has 2 N–H and O–H groups in total. The van der Waals surface area contributed by atoms with Gasteiger partial charge < -0.3 is 14.5 Å². The van der Waals surface area contributed by atoms with E-state index in [1.165, 1.54) is 6.07 Å². The van der Waals surface area contributed by atoms with E-state index >= 15 is 0 Å². The minimum absolute atomic E-state index is 0.109. The predicted octanol–water partition coefficient (Wildman–Crippen LogP) is 3.24. The van der Waals surface area contributed by atoms with E-state index in [4.69, 9.17) is 12.2 Å². The summed E-state index contributed by atoms with van der Waals surface area (Å²) in [6, 6.07) is 3.17. The number of rotatable bonds is 2. The van der Waals surface area contributed by atoms with Crippen LogP contribution in [0.25, 0.3) is 11.0 Å². The van der Waals surface area contributed by atoms with Crippen LogP contribution in [0.15, 0.2) is 22.3 Å². The third-order valence-electron chi connectivity index (χ3n) is 2.72. The average molecular weight is 407 g/mol. The van der Waals surface area contributed by atoms with Crippen molar-refractivity contribution in [2.75, 3.05) is 0 Å². The summed E-state index contributed by atoms with van der Waals surface area (Å²) >= 11 is 8.27. The van der Waals surface area contributed by atoms with Crippen LogP contribution in [0.1, 0.15) is 5.69 Å². The molecule has 0 bridgehead atoms. The van der Waals surface area contributed by atoms with E-state index in [1.54, 1.807) is 16.0 Å². The number of H-pyrrole nitrogens is 2. The number of halogens is 2. The van der Waals surface area contributed by atoms with E-state index in [0.717, 1.165) is 22.5 Å². The van der Waals surface area contributed by atoms with Crippen LogP contribution in [0, 0.1) is 14.2 Å². The van der Waals surface area contributed by atoms with Crippen molar-refractivity contribution in [3.8, 4) is 0 Å². The van der Waals surface area contributed by atoms with Crippen molar-refractivity contribution >= 4 is 57.2 Å². The van der Waals surface area contributed by atoms with E-state index in [-0.39, 0.29) is 10.7 Å². The Bertz CT molecular complexity index is 876. The molecule has 0 saturated carbocycles. The summed E-state index contributed by atoms with van der Waals surface area (Å²) in [5.41, 5.74) is 2.23. The maximum atomic E-state index is 13.7. The van der Waals surface area contributed by atoms with Gasteiger partial charge in [-0.2, -0.15) is 0 Å². The highest BCUT2D eigenvalue weighted by molar-refractivity contribution is 14.1. The van der Waals surface area contributed by atoms with Gasteiger partial charge in [-0.15, -0.1) is 0 Å². The van der Waals surface area contributed by atoms with E-state index in [2.05, 4.69) is 9.97 Å². The Morgan fingerprint density at radius 3 is 2.89 bits per heavy atom. The standard InChI is InChI=1S/C11H7FIN3OS2/c12-6-1-9-8(2-7(6)13)15-10(18)16(9)3-5-4-19-11(17)14-5/h1-2,4H,3H2,(H,14,17)(H,15,18). The van der Waals surface area contributed by atoms with E-state index in [9.17, 15) is 9.18 Å². The number of hydrogen-bond donors (Lipinski definition) is 2. The molecule has 0 aliphatic rings. The van der Waals surface area contributed by atoms with Gasteiger partial charge in [0.1, 0.15) is 5.82 Å². The van der Waals surface area contributed by atoms with Gasteiger partial charge in [-0.25, -0.2) is 4.39 Å². The SMILES string of the molecule is O=c1[nH]c(Cn2c(=S)[nH]c3cc(I)c(F)cc32)cs1. The zero-order valence-corrected chi connectivity index (χ0v) is 13.2. The lowest BCUT2D eigenvalue weighted by Gasteiger charge is -2.03. The van der Waals surface area contributed by atoms with Crippen LogP contribution in [0.3, 0.4) is 0 Å². The van der Waals surface area contributed by atoms with Crippen LogP contribution in [0.4, 0.5) is 4.39 Å². The Morgan fingerprint density at radius 1 is 1.42 bits per heavy atom. The van der Waals surface area contributed by atoms with Crippen LogP contribution >= 0.6 is 46.1 Å². The molecule has 1 aromatic carbocycles. The molecule has 0 aliphatic heterocycles. The molecule has 98 valence electrons. The number of nitrogens with zero attached hydrogens (tertiary/aromatic N) is 1. The molecule has 3 aromatic rings. The monoisotopic (exact) mass is 407 g/mol. The first-order valence-corrected chi connectivity index (χ1v) is 7.65. The van der Waals surface area contributed by atoms with Gasteiger partial charge in [0.25, 0.3) is 0 Å². The Kier molecular flexibility index (Phi) is 3.31. The first-order valence-electron chi connectivity index (χ1n) is 5.29. The van der Waals surface area contributed by atoms with Crippen molar-refractivity contribution in [1.29, 1.82) is 0 Å². The van der Waals surface area contributed by atoms with Crippen LogP contribution in [0.5, 0.6) is 0 Å². The van der Waals surface area contributed by atoms with Crippen molar-refractivity contribution in [2.24, 2.45) is 0 Å². The molecule has 19 heavy (non-hydrogen) atoms. The number of aromatic nitrogens is 3. The zero-order chi connectivity index (χ0) is 13.6. The van der Waals surface area contributed by atoms with E-state index in [0.29, 0.717) is 20.4 Å². The topological polar surface area (TPSA) is 53.6 Å². The number of fused-ring (bicyclic) bond motifs is 1. The minimum atomic E-state index is -0.283. The average Bonchev–Trinajstić information content (AvgIpc) is 2.87. The van der Waals surface area contributed by atoms with E-state index < -0.39 is 0 Å². The third kappa shape index (κ3) is 2.39. The Balaban J connectivity index is 2.17. The minimum Gasteiger partial charge on any atom is -0.331 e. The van der Waals surface area contributed by atoms with Gasteiger partial charge in [-0.1, -0.05) is 11.3 Å². The summed E-state index contributed by atoms with van der Waals surface area (Å²) in [5, 5.41) is 1.74. The summed E-state index contributed by atoms with van der Waals surface area (Å²) < 4.78 is 16.5. The molecule has 0 spiro atoms. The van der Waals surface area contributed by atoms with Crippen molar-refractivity contribution in [2.45, 2.75) is 6.54 Å². The fourth-order valence-corrected chi connectivity index (χ4v) is 3.18. The maximum absolute atomic E-state index is 13.7. The largest absolute Gasteiger partial charge is 0.331 e. The van der Waals surface area contributed by atoms with Crippen LogP contribution < -0.4 is 4.87 Å². The summed E-state index contributed by atoms with van der Waals surface area (Å²) in [7, 11) is 0. The third-order valence-corrected chi connectivity index (χ3v) is 4.58. The molecule has 3 rings (SSSR count). The number of thiazole rings is 1. The molecule has 0 radical (unpaired) electrons. The van der Waals surface area contributed by atoms with Crippen molar-refractivity contribution < 1.29 is 4.39 Å². The van der Waals surface area contributed by atoms with E-state index in [1.807, 2.05) is 22.6 Å². The van der Waals surface area contributed by atoms with Crippen molar-refractivity contribution in [3.63, 3.8) is 0 Å². The number of hydrogen-bond acceptors (Lipinski definition) is 3. The highest BCUT2D eigenvalue weighted by atomic mass is 127. The van der Waals surface area contributed by atoms with Crippen LogP contribution in [0.2, 0.25) is 0 Å². The second-order valence-electron chi connectivity index (χ2n) is 3.97. The summed E-state index contributed by atoms with van der Waals surface area (Å²) in [6.45, 7) is 0.414. The van der Waals surface area contributed by atoms with Gasteiger partial charge in [0, 0.05) is 17.1 Å². The molecule has 0 atom stereocenters. The quantitative estimate of drug-likeness (QED) is 0.506. The number of aromatic amines is 2. The lowest BCUT2D eigenvalue weighted by Crippen LogP contribution is -2.03. The lowest BCUT2D eigenvalue weighted by molar-refractivity contribution is 0.621. The summed E-state index contributed by atoms with van der Waals surface area (Å²) in [6.07, 6.45) is 0. The molecule has 8 heteroatoms. The molecule has 0 fully saturated rings. The fraction of sp³-hybridized carbons (Fsp3) is 0.0909. The molecule has 2 heterocycles. The molecular weight excluding hydrogens is 400 g/mol. The normalized spacial score (nSPS) is 11.3. The van der Waals surface area contributed by atoms with Gasteiger partial charge in [0.15, 0.2) is 4.77 Å². The molecule has 0 unspecified atom stereocenters. The number of imidazole rings is 1. The molecule has 4 nitrogen and oxygen atoms in total. The Hall–Kier alpha value is -1.000. The van der Waals surface area contributed by atoms with Crippen LogP contribution in [-0.2, 0) is 6.54 Å². The van der Waals surface area contributed by atoms with Crippen molar-refractivity contribution in [3.05, 3.63) is 47.0 Å².